The molecule has 1 fully saturated rings. The van der Waals surface area contributed by atoms with Crippen molar-refractivity contribution in [1.82, 2.24) is 0 Å². The second kappa shape index (κ2) is 3.77. The molecule has 0 aromatic heterocycles. The number of hydrogen-bond donors (Lipinski definition) is 0. The van der Waals surface area contributed by atoms with E-state index in [9.17, 15) is 8.42 Å². The van der Waals surface area contributed by atoms with Crippen molar-refractivity contribution in [1.29, 1.82) is 0 Å². The van der Waals surface area contributed by atoms with Crippen LogP contribution in [-0.2, 0) is 13.5 Å². The largest absolute Gasteiger partial charge is 0.244 e. The minimum Gasteiger partial charge on any atom is -0.223 e. The van der Waals surface area contributed by atoms with Crippen molar-refractivity contribution in [2.75, 3.05) is 0 Å². The van der Waals surface area contributed by atoms with Gasteiger partial charge in [0.05, 0.1) is 0 Å². The first-order valence-corrected chi connectivity index (χ1v) is 7.29. The summed E-state index contributed by atoms with van der Waals surface area (Å²) in [5.74, 6) is 0. The standard InChI is InChI=1S/C10H9Cl3O2S/c11-9(6-7-9)16(14,15)10(12,13)8-4-2-1-3-5-8/h1-5H,6-7H2. The lowest BCUT2D eigenvalue weighted by molar-refractivity contribution is 0.585. The number of benzene rings is 1. The fourth-order valence-electron chi connectivity index (χ4n) is 1.38. The molecule has 0 atom stereocenters. The Morgan fingerprint density at radius 3 is 2.06 bits per heavy atom. The van der Waals surface area contributed by atoms with Gasteiger partial charge in [0.15, 0.2) is 0 Å². The third kappa shape index (κ3) is 1.74. The predicted molar refractivity (Wildman–Crippen MR) is 66.6 cm³/mol. The molecule has 1 aromatic carbocycles. The van der Waals surface area contributed by atoms with E-state index in [1.165, 1.54) is 0 Å². The summed E-state index contributed by atoms with van der Waals surface area (Å²) in [6, 6.07) is 8.25. The van der Waals surface area contributed by atoms with Gasteiger partial charge in [0.1, 0.15) is 4.21 Å². The SMILES string of the molecule is O=S(=O)(C1(Cl)CC1)C(Cl)(Cl)c1ccccc1. The van der Waals surface area contributed by atoms with E-state index in [0.29, 0.717) is 18.4 Å². The fourth-order valence-corrected chi connectivity index (χ4v) is 4.75. The number of hydrogen-bond acceptors (Lipinski definition) is 2. The van der Waals surface area contributed by atoms with Gasteiger partial charge in [0, 0.05) is 5.56 Å². The van der Waals surface area contributed by atoms with Crippen LogP contribution in [0.2, 0.25) is 0 Å². The molecule has 2 rings (SSSR count). The van der Waals surface area contributed by atoms with Crippen molar-refractivity contribution in [3.63, 3.8) is 0 Å². The number of sulfone groups is 1. The summed E-state index contributed by atoms with van der Waals surface area (Å²) >= 11 is 17.9. The molecule has 1 aliphatic rings. The molecule has 0 saturated heterocycles. The molecule has 0 radical (unpaired) electrons. The first-order chi connectivity index (χ1) is 7.31. The van der Waals surface area contributed by atoms with Gasteiger partial charge in [-0.3, -0.25) is 0 Å². The summed E-state index contributed by atoms with van der Waals surface area (Å²) in [6.45, 7) is 0. The van der Waals surface area contributed by atoms with Crippen molar-refractivity contribution in [3.05, 3.63) is 35.9 Å². The topological polar surface area (TPSA) is 34.1 Å². The van der Waals surface area contributed by atoms with Crippen molar-refractivity contribution < 1.29 is 8.42 Å². The van der Waals surface area contributed by atoms with Gasteiger partial charge in [-0.05, 0) is 12.8 Å². The smallest absolute Gasteiger partial charge is 0.223 e. The maximum absolute atomic E-state index is 12.1. The maximum Gasteiger partial charge on any atom is 0.244 e. The molecule has 0 bridgehead atoms. The van der Waals surface area contributed by atoms with Gasteiger partial charge in [0.2, 0.25) is 13.5 Å². The van der Waals surface area contributed by atoms with Crippen LogP contribution in [0, 0.1) is 0 Å². The molecular weight excluding hydrogens is 291 g/mol. The van der Waals surface area contributed by atoms with Gasteiger partial charge in [-0.1, -0.05) is 53.5 Å². The Bertz CT molecular complexity index is 492. The second-order valence-electron chi connectivity index (χ2n) is 3.77. The quantitative estimate of drug-likeness (QED) is 0.802. The Morgan fingerprint density at radius 1 is 1.12 bits per heavy atom. The molecular formula is C10H9Cl3O2S. The molecule has 1 aliphatic carbocycles. The van der Waals surface area contributed by atoms with Gasteiger partial charge in [-0.2, -0.15) is 0 Å². The highest BCUT2D eigenvalue weighted by molar-refractivity contribution is 7.97. The lowest BCUT2D eigenvalue weighted by Gasteiger charge is -2.23. The zero-order valence-electron chi connectivity index (χ0n) is 8.16. The monoisotopic (exact) mass is 298 g/mol. The average Bonchev–Trinajstić information content (AvgIpc) is 2.99. The lowest BCUT2D eigenvalue weighted by atomic mass is 10.2. The average molecular weight is 300 g/mol. The lowest BCUT2D eigenvalue weighted by Crippen LogP contribution is -2.32. The van der Waals surface area contributed by atoms with Crippen LogP contribution in [0.1, 0.15) is 18.4 Å². The van der Waals surface area contributed by atoms with E-state index < -0.39 is 17.7 Å². The van der Waals surface area contributed by atoms with E-state index in [1.807, 2.05) is 0 Å². The molecule has 0 heterocycles. The van der Waals surface area contributed by atoms with Crippen LogP contribution < -0.4 is 0 Å². The highest BCUT2D eigenvalue weighted by Crippen LogP contribution is 2.56. The Kier molecular flexibility index (Phi) is 2.94. The van der Waals surface area contributed by atoms with Crippen molar-refractivity contribution >= 4 is 44.6 Å². The minimum absolute atomic E-state index is 0.324. The Labute approximate surface area is 109 Å². The first-order valence-electron chi connectivity index (χ1n) is 4.68. The van der Waals surface area contributed by atoms with E-state index in [-0.39, 0.29) is 0 Å². The van der Waals surface area contributed by atoms with Crippen LogP contribution in [0.3, 0.4) is 0 Å². The van der Waals surface area contributed by atoms with E-state index in [0.717, 1.165) is 0 Å². The summed E-state index contributed by atoms with van der Waals surface area (Å²) in [4.78, 5) is 0. The van der Waals surface area contributed by atoms with Crippen LogP contribution in [0.5, 0.6) is 0 Å². The third-order valence-corrected chi connectivity index (χ3v) is 7.50. The maximum atomic E-state index is 12.1. The molecule has 88 valence electrons. The Morgan fingerprint density at radius 2 is 1.62 bits per heavy atom. The zero-order chi connectivity index (χ0) is 12.0. The van der Waals surface area contributed by atoms with Crippen LogP contribution in [0.4, 0.5) is 0 Å². The predicted octanol–water partition coefficient (Wildman–Crippen LogP) is 3.42. The highest BCUT2D eigenvalue weighted by Gasteiger charge is 2.61. The molecule has 0 spiro atoms. The Balaban J connectivity index is 2.48. The number of alkyl halides is 3. The van der Waals surface area contributed by atoms with Gasteiger partial charge in [0.25, 0.3) is 0 Å². The van der Waals surface area contributed by atoms with E-state index in [4.69, 9.17) is 34.8 Å². The number of halogens is 3. The minimum atomic E-state index is -3.82. The molecule has 0 N–H and O–H groups in total. The second-order valence-corrected chi connectivity index (χ2v) is 8.89. The highest BCUT2D eigenvalue weighted by atomic mass is 35.5. The molecule has 0 aliphatic heterocycles. The summed E-state index contributed by atoms with van der Waals surface area (Å²) in [6.07, 6.45) is 0.788. The van der Waals surface area contributed by atoms with Gasteiger partial charge < -0.3 is 0 Å². The molecule has 0 unspecified atom stereocenters. The molecule has 16 heavy (non-hydrogen) atoms. The summed E-state index contributed by atoms with van der Waals surface area (Å²) in [5.41, 5.74) is 0.324. The fraction of sp³-hybridized carbons (Fsp3) is 0.400. The normalized spacial score (nSPS) is 19.4. The first kappa shape index (κ1) is 12.5. The summed E-state index contributed by atoms with van der Waals surface area (Å²) in [5, 5.41) is 0. The molecule has 1 saturated carbocycles. The Hall–Kier alpha value is 0.0400. The van der Waals surface area contributed by atoms with E-state index in [1.54, 1.807) is 30.3 Å². The summed E-state index contributed by atoms with van der Waals surface area (Å²) < 4.78 is 21.0. The molecule has 0 amide bonds. The van der Waals surface area contributed by atoms with Gasteiger partial charge >= 0.3 is 0 Å². The van der Waals surface area contributed by atoms with E-state index in [2.05, 4.69) is 0 Å². The van der Waals surface area contributed by atoms with Crippen molar-refractivity contribution in [3.8, 4) is 0 Å². The molecule has 2 nitrogen and oxygen atoms in total. The third-order valence-electron chi connectivity index (χ3n) is 2.57. The van der Waals surface area contributed by atoms with Crippen LogP contribution in [0.25, 0.3) is 0 Å². The molecule has 6 heteroatoms. The number of rotatable bonds is 3. The molecule has 1 aromatic rings. The van der Waals surface area contributed by atoms with Gasteiger partial charge in [-0.15, -0.1) is 11.6 Å². The van der Waals surface area contributed by atoms with Crippen LogP contribution in [-0.4, -0.2) is 12.6 Å². The van der Waals surface area contributed by atoms with Crippen LogP contribution in [0.15, 0.2) is 30.3 Å². The van der Waals surface area contributed by atoms with Crippen molar-refractivity contribution in [2.45, 2.75) is 20.7 Å². The van der Waals surface area contributed by atoms with Gasteiger partial charge in [-0.25, -0.2) is 8.42 Å². The summed E-state index contributed by atoms with van der Waals surface area (Å²) in [7, 11) is -3.82. The zero-order valence-corrected chi connectivity index (χ0v) is 11.2. The van der Waals surface area contributed by atoms with Crippen molar-refractivity contribution in [2.24, 2.45) is 0 Å². The van der Waals surface area contributed by atoms with Crippen LogP contribution >= 0.6 is 34.8 Å². The van der Waals surface area contributed by atoms with E-state index >= 15 is 0 Å².